The van der Waals surface area contributed by atoms with Gasteiger partial charge < -0.3 is 15.2 Å². The monoisotopic (exact) mass is 404 g/mol. The van der Waals surface area contributed by atoms with Crippen molar-refractivity contribution in [2.75, 3.05) is 7.11 Å². The van der Waals surface area contributed by atoms with Crippen LogP contribution in [0.2, 0.25) is 0 Å². The van der Waals surface area contributed by atoms with Crippen LogP contribution in [0.3, 0.4) is 0 Å². The molecule has 0 bridgehead atoms. The number of carbonyl (C=O) groups excluding carboxylic acids is 1. The van der Waals surface area contributed by atoms with E-state index in [0.29, 0.717) is 23.6 Å². The average molecular weight is 404 g/mol. The highest BCUT2D eigenvalue weighted by atomic mass is 32.1. The number of ether oxygens (including phenoxy) is 2. The van der Waals surface area contributed by atoms with E-state index in [1.54, 1.807) is 18.4 Å². The fraction of sp³-hybridized carbons (Fsp3) is 0.217. The minimum atomic E-state index is -0.294. The highest BCUT2D eigenvalue weighted by molar-refractivity contribution is 7.19. The van der Waals surface area contributed by atoms with Gasteiger partial charge in [-0.2, -0.15) is 0 Å². The van der Waals surface area contributed by atoms with Gasteiger partial charge in [-0.3, -0.25) is 4.79 Å². The normalized spacial score (nSPS) is 19.3. The molecular weight excluding hydrogens is 384 g/mol. The molecule has 3 aromatic rings. The van der Waals surface area contributed by atoms with Crippen molar-refractivity contribution < 1.29 is 14.3 Å². The number of hydrogen-bond donors (Lipinski definition) is 1. The Hall–Kier alpha value is -3.12. The van der Waals surface area contributed by atoms with Crippen LogP contribution in [0, 0.1) is 0 Å². The lowest BCUT2D eigenvalue weighted by molar-refractivity contribution is -0.116. The van der Waals surface area contributed by atoms with E-state index in [1.165, 1.54) is 0 Å². The van der Waals surface area contributed by atoms with Crippen molar-refractivity contribution in [1.29, 1.82) is 0 Å². The second-order valence-corrected chi connectivity index (χ2v) is 8.22. The molecule has 1 aliphatic heterocycles. The van der Waals surface area contributed by atoms with Crippen molar-refractivity contribution in [3.63, 3.8) is 0 Å². The van der Waals surface area contributed by atoms with Crippen molar-refractivity contribution >= 4 is 32.9 Å². The van der Waals surface area contributed by atoms with Crippen LogP contribution in [-0.4, -0.2) is 17.9 Å². The molecule has 6 heteroatoms. The number of aromatic nitrogens is 1. The van der Waals surface area contributed by atoms with Crippen molar-refractivity contribution in [2.24, 2.45) is 5.73 Å². The van der Waals surface area contributed by atoms with Gasteiger partial charge >= 0.3 is 0 Å². The highest BCUT2D eigenvalue weighted by Crippen LogP contribution is 2.48. The quantitative estimate of drug-likeness (QED) is 0.682. The number of nitrogens with zero attached hydrogens (tertiary/aromatic N) is 1. The summed E-state index contributed by atoms with van der Waals surface area (Å²) in [4.78, 5) is 17.7. The zero-order chi connectivity index (χ0) is 20.0. The molecule has 0 radical (unpaired) electrons. The number of hydrogen-bond acceptors (Lipinski definition) is 6. The van der Waals surface area contributed by atoms with Gasteiger partial charge in [0.05, 0.1) is 22.9 Å². The van der Waals surface area contributed by atoms with Crippen molar-refractivity contribution in [1.82, 2.24) is 4.98 Å². The van der Waals surface area contributed by atoms with E-state index in [2.05, 4.69) is 0 Å². The summed E-state index contributed by atoms with van der Waals surface area (Å²) in [6, 6.07) is 15.8. The molecule has 1 unspecified atom stereocenters. The standard InChI is InChI=1S/C23H20N2O3S/c1-27-14-11-9-13(10-12-14)19-20-16(26)6-4-7-17(20)28-22(24)21(19)23-25-15-5-2-3-8-18(15)29-23/h2-3,5,8-12,19H,4,6-7,24H2,1H3. The number of allylic oxidation sites excluding steroid dienone is 3. The van der Waals surface area contributed by atoms with E-state index >= 15 is 0 Å². The molecule has 0 fully saturated rings. The number of Topliss-reactive ketones (excluding diaryl/α,β-unsaturated/α-hetero) is 1. The molecule has 2 N–H and O–H groups in total. The van der Waals surface area contributed by atoms with Gasteiger partial charge in [-0.15, -0.1) is 11.3 Å². The lowest BCUT2D eigenvalue weighted by Crippen LogP contribution is -2.27. The van der Waals surface area contributed by atoms with E-state index in [4.69, 9.17) is 20.2 Å². The summed E-state index contributed by atoms with van der Waals surface area (Å²) in [6.07, 6.45) is 2.04. The molecule has 1 aromatic heterocycles. The maximum Gasteiger partial charge on any atom is 0.197 e. The third-order valence-corrected chi connectivity index (χ3v) is 6.53. The van der Waals surface area contributed by atoms with E-state index < -0.39 is 0 Å². The number of para-hydroxylation sites is 1. The topological polar surface area (TPSA) is 74.4 Å². The average Bonchev–Trinajstić information content (AvgIpc) is 3.16. The molecule has 29 heavy (non-hydrogen) atoms. The summed E-state index contributed by atoms with van der Waals surface area (Å²) in [5, 5.41) is 0.787. The van der Waals surface area contributed by atoms with Gasteiger partial charge in [0.2, 0.25) is 0 Å². The Morgan fingerprint density at radius 3 is 2.66 bits per heavy atom. The van der Waals surface area contributed by atoms with Gasteiger partial charge in [0.15, 0.2) is 11.7 Å². The zero-order valence-corrected chi connectivity index (χ0v) is 16.8. The van der Waals surface area contributed by atoms with E-state index in [-0.39, 0.29) is 11.7 Å². The second kappa shape index (κ2) is 7.04. The molecule has 1 atom stereocenters. The number of benzene rings is 2. The summed E-state index contributed by atoms with van der Waals surface area (Å²) in [7, 11) is 1.64. The molecule has 5 nitrogen and oxygen atoms in total. The SMILES string of the molecule is COc1ccc(C2C3=C(CCCC3=O)OC(N)=C2c2nc3ccccc3s2)cc1. The van der Waals surface area contributed by atoms with Crippen LogP contribution in [0.25, 0.3) is 15.8 Å². The summed E-state index contributed by atoms with van der Waals surface area (Å²) < 4.78 is 12.4. The highest BCUT2D eigenvalue weighted by Gasteiger charge is 2.39. The Morgan fingerprint density at radius 1 is 1.10 bits per heavy atom. The van der Waals surface area contributed by atoms with E-state index in [9.17, 15) is 4.79 Å². The first-order valence-electron chi connectivity index (χ1n) is 9.59. The minimum Gasteiger partial charge on any atom is -0.497 e. The Bertz CT molecular complexity index is 1140. The lowest BCUT2D eigenvalue weighted by atomic mass is 9.77. The van der Waals surface area contributed by atoms with Gasteiger partial charge in [-0.1, -0.05) is 24.3 Å². The minimum absolute atomic E-state index is 0.123. The first-order valence-corrected chi connectivity index (χ1v) is 10.4. The molecule has 0 spiro atoms. The predicted molar refractivity (Wildman–Crippen MR) is 113 cm³/mol. The molecule has 146 valence electrons. The molecule has 0 amide bonds. The van der Waals surface area contributed by atoms with Gasteiger partial charge in [0, 0.05) is 24.3 Å². The van der Waals surface area contributed by atoms with Crippen LogP contribution in [0.4, 0.5) is 0 Å². The third-order valence-electron chi connectivity index (χ3n) is 5.46. The van der Waals surface area contributed by atoms with E-state index in [0.717, 1.165) is 45.0 Å². The Morgan fingerprint density at radius 2 is 1.90 bits per heavy atom. The maximum absolute atomic E-state index is 12.9. The van der Waals surface area contributed by atoms with Crippen LogP contribution >= 0.6 is 11.3 Å². The van der Waals surface area contributed by atoms with Crippen LogP contribution in [-0.2, 0) is 9.53 Å². The Kier molecular flexibility index (Phi) is 4.36. The molecule has 2 aliphatic rings. The van der Waals surface area contributed by atoms with Crippen LogP contribution in [0.1, 0.15) is 35.8 Å². The predicted octanol–water partition coefficient (Wildman–Crippen LogP) is 4.75. The van der Waals surface area contributed by atoms with Gasteiger partial charge in [0.1, 0.15) is 16.5 Å². The number of rotatable bonds is 3. The van der Waals surface area contributed by atoms with Crippen LogP contribution in [0.5, 0.6) is 5.75 Å². The summed E-state index contributed by atoms with van der Waals surface area (Å²) in [5.41, 5.74) is 9.80. The molecule has 0 saturated heterocycles. The lowest BCUT2D eigenvalue weighted by Gasteiger charge is -2.32. The smallest absolute Gasteiger partial charge is 0.197 e. The van der Waals surface area contributed by atoms with Crippen LogP contribution in [0.15, 0.2) is 65.7 Å². The molecule has 1 aliphatic carbocycles. The number of carbonyl (C=O) groups is 1. The fourth-order valence-electron chi connectivity index (χ4n) is 4.08. The largest absolute Gasteiger partial charge is 0.497 e. The molecule has 5 rings (SSSR count). The number of fused-ring (bicyclic) bond motifs is 1. The first kappa shape index (κ1) is 17.9. The first-order chi connectivity index (χ1) is 14.2. The van der Waals surface area contributed by atoms with Gasteiger partial charge in [0.25, 0.3) is 0 Å². The molecule has 0 saturated carbocycles. The number of methoxy groups -OCH3 is 1. The number of thiazole rings is 1. The summed E-state index contributed by atoms with van der Waals surface area (Å²) >= 11 is 1.57. The molecular formula is C23H20N2O3S. The maximum atomic E-state index is 12.9. The second-order valence-electron chi connectivity index (χ2n) is 7.19. The van der Waals surface area contributed by atoms with Crippen LogP contribution < -0.4 is 10.5 Å². The Balaban J connectivity index is 1.71. The number of ketones is 1. The zero-order valence-electron chi connectivity index (χ0n) is 16.0. The van der Waals surface area contributed by atoms with Crippen molar-refractivity contribution in [3.05, 3.63) is 76.3 Å². The summed E-state index contributed by atoms with van der Waals surface area (Å²) in [6.45, 7) is 0. The molecule has 2 heterocycles. The number of nitrogens with two attached hydrogens (primary N) is 1. The fourth-order valence-corrected chi connectivity index (χ4v) is 5.13. The van der Waals surface area contributed by atoms with Crippen molar-refractivity contribution in [3.8, 4) is 5.75 Å². The summed E-state index contributed by atoms with van der Waals surface area (Å²) in [5.74, 6) is 1.63. The van der Waals surface area contributed by atoms with Gasteiger partial charge in [-0.05, 0) is 36.2 Å². The van der Waals surface area contributed by atoms with Gasteiger partial charge in [-0.25, -0.2) is 4.98 Å². The third kappa shape index (κ3) is 3.00. The van der Waals surface area contributed by atoms with E-state index in [1.807, 2.05) is 48.5 Å². The van der Waals surface area contributed by atoms with Crippen molar-refractivity contribution in [2.45, 2.75) is 25.2 Å². The molecule has 2 aromatic carbocycles. The Labute approximate surface area is 172 Å².